The second-order valence-corrected chi connectivity index (χ2v) is 5.95. The minimum absolute atomic E-state index is 0. The molecule has 2 heterocycles. The van der Waals surface area contributed by atoms with Crippen LogP contribution in [0.1, 0.15) is 34.8 Å². The number of nitrogens with zero attached hydrogens (tertiary/aromatic N) is 3. The molecule has 0 aliphatic heterocycles. The Morgan fingerprint density at radius 3 is 1.33 bits per heavy atom. The van der Waals surface area contributed by atoms with Gasteiger partial charge in [0.1, 0.15) is 0 Å². The molecule has 0 aliphatic carbocycles. The molecule has 0 unspecified atom stereocenters. The number of likely N-dealkylation sites (N-methyl/N-ethyl adjacent to an activating group) is 1. The van der Waals surface area contributed by atoms with Crippen molar-refractivity contribution in [3.05, 3.63) is 60.2 Å². The number of aromatic nitrogens is 2. The van der Waals surface area contributed by atoms with E-state index in [1.54, 1.807) is 24.3 Å². The van der Waals surface area contributed by atoms with Crippen LogP contribution in [0.2, 0.25) is 0 Å². The van der Waals surface area contributed by atoms with Crippen LogP contribution in [0.4, 0.5) is 0 Å². The van der Waals surface area contributed by atoms with Gasteiger partial charge in [-0.05, 0) is 37.4 Å². The Kier molecular flexibility index (Phi) is 26.4. The van der Waals surface area contributed by atoms with Gasteiger partial charge in [-0.1, -0.05) is 26.0 Å². The topological polar surface area (TPSA) is 259 Å². The third-order valence-corrected chi connectivity index (χ3v) is 3.09. The third-order valence-electron chi connectivity index (χ3n) is 3.09. The van der Waals surface area contributed by atoms with Crippen LogP contribution in [0.15, 0.2) is 48.8 Å². The van der Waals surface area contributed by atoms with Gasteiger partial charge in [-0.2, -0.15) is 0 Å². The van der Waals surface area contributed by atoms with Crippen LogP contribution in [0.5, 0.6) is 0 Å². The van der Waals surface area contributed by atoms with Gasteiger partial charge in [-0.15, -0.1) is 10.2 Å². The maximum Gasteiger partial charge on any atom is 3.00 e. The summed E-state index contributed by atoms with van der Waals surface area (Å²) >= 11 is 0. The third kappa shape index (κ3) is 27.7. The van der Waals surface area contributed by atoms with Gasteiger partial charge in [0.15, 0.2) is 0 Å². The molecule has 0 fully saturated rings. The van der Waals surface area contributed by atoms with Gasteiger partial charge in [0.2, 0.25) is 0 Å². The van der Waals surface area contributed by atoms with Crippen LogP contribution in [0, 0.1) is 10.2 Å². The van der Waals surface area contributed by atoms with Crippen molar-refractivity contribution in [2.75, 3.05) is 26.2 Å². The van der Waals surface area contributed by atoms with Crippen LogP contribution in [0.25, 0.3) is 0 Å². The SMILES string of the molecule is CCN(CC)CCN.O.O=C([O-])c1ccccn1.O=C([O-])c1ccccn1.[Co+3].[O-][Cl+3]([O-])([O-])[O-]. The summed E-state index contributed by atoms with van der Waals surface area (Å²) < 4.78 is 34.0. The fourth-order valence-electron chi connectivity index (χ4n) is 1.69. The number of carboxylic acid groups (broad SMARTS) is 2. The predicted octanol–water partition coefficient (Wildman–Crippen LogP) is -6.41. The summed E-state index contributed by atoms with van der Waals surface area (Å²) in [5.74, 6) is -2.48. The van der Waals surface area contributed by atoms with Crippen molar-refractivity contribution in [3.63, 3.8) is 0 Å². The molecule has 0 amide bonds. The Morgan fingerprint density at radius 1 is 0.879 bits per heavy atom. The van der Waals surface area contributed by atoms with E-state index in [1.165, 1.54) is 24.5 Å². The molecule has 0 bridgehead atoms. The molecule has 188 valence electrons. The van der Waals surface area contributed by atoms with Crippen molar-refractivity contribution in [3.8, 4) is 0 Å². The van der Waals surface area contributed by atoms with Crippen molar-refractivity contribution < 1.29 is 70.9 Å². The molecule has 13 nitrogen and oxygen atoms in total. The number of nitrogens with two attached hydrogens (primary N) is 1. The molecule has 0 spiro atoms. The number of halogens is 1. The summed E-state index contributed by atoms with van der Waals surface area (Å²) in [6, 6.07) is 9.25. The molecule has 0 saturated heterocycles. The van der Waals surface area contributed by atoms with Crippen molar-refractivity contribution >= 4 is 11.9 Å². The zero-order chi connectivity index (χ0) is 24.3. The van der Waals surface area contributed by atoms with E-state index >= 15 is 0 Å². The van der Waals surface area contributed by atoms with Crippen molar-refractivity contribution in [1.29, 1.82) is 0 Å². The van der Waals surface area contributed by atoms with Crippen molar-refractivity contribution in [2.45, 2.75) is 13.8 Å². The van der Waals surface area contributed by atoms with E-state index in [-0.39, 0.29) is 33.6 Å². The first-order valence-corrected chi connectivity index (χ1v) is 9.98. The van der Waals surface area contributed by atoms with Gasteiger partial charge in [-0.3, -0.25) is 9.97 Å². The number of carboxylic acids is 2. The number of hydrogen-bond donors (Lipinski definition) is 1. The molecule has 4 N–H and O–H groups in total. The molecule has 15 heteroatoms. The van der Waals surface area contributed by atoms with Crippen LogP contribution < -0.4 is 34.6 Å². The number of carbonyl (C=O) groups is 2. The molecule has 0 aliphatic rings. The van der Waals surface area contributed by atoms with Crippen LogP contribution >= 0.6 is 0 Å². The number of carbonyl (C=O) groups excluding carboxylic acids is 2. The zero-order valence-electron chi connectivity index (χ0n) is 17.8. The maximum atomic E-state index is 10.0. The Balaban J connectivity index is -0.000000170. The van der Waals surface area contributed by atoms with Crippen LogP contribution in [-0.4, -0.2) is 58.5 Å². The number of hydrogen-bond acceptors (Lipinski definition) is 12. The van der Waals surface area contributed by atoms with Gasteiger partial charge in [0.05, 0.1) is 23.3 Å². The van der Waals surface area contributed by atoms with Crippen LogP contribution in [0.3, 0.4) is 0 Å². The van der Waals surface area contributed by atoms with E-state index in [0.29, 0.717) is 0 Å². The molecule has 0 atom stereocenters. The van der Waals surface area contributed by atoms with E-state index in [9.17, 15) is 19.8 Å². The van der Waals surface area contributed by atoms with Crippen molar-refractivity contribution in [2.24, 2.45) is 5.73 Å². The van der Waals surface area contributed by atoms with E-state index in [0.717, 1.165) is 26.2 Å². The Hall–Kier alpha value is -2.24. The second-order valence-electron chi connectivity index (χ2n) is 5.20. The predicted molar refractivity (Wildman–Crippen MR) is 97.6 cm³/mol. The van der Waals surface area contributed by atoms with Gasteiger partial charge in [0, 0.05) is 25.5 Å². The van der Waals surface area contributed by atoms with Gasteiger partial charge >= 0.3 is 16.8 Å². The summed E-state index contributed by atoms with van der Waals surface area (Å²) in [5.41, 5.74) is 5.28. The van der Waals surface area contributed by atoms with Crippen molar-refractivity contribution in [1.82, 2.24) is 14.9 Å². The quantitative estimate of drug-likeness (QED) is 0.361. The molecule has 2 aromatic rings. The molecule has 0 radical (unpaired) electrons. The van der Waals surface area contributed by atoms with E-state index in [2.05, 4.69) is 28.7 Å². The number of aromatic carboxylic acids is 2. The van der Waals surface area contributed by atoms with E-state index in [1.807, 2.05) is 0 Å². The Labute approximate surface area is 203 Å². The molecule has 0 saturated carbocycles. The molecule has 0 aromatic carbocycles. The normalized spacial score (nSPS) is 9.21. The largest absolute Gasteiger partial charge is 3.00 e. The minimum Gasteiger partial charge on any atom is -0.543 e. The minimum atomic E-state index is -4.94. The summed E-state index contributed by atoms with van der Waals surface area (Å²) in [6.07, 6.45) is 2.82. The Bertz CT molecular complexity index is 666. The smallest absolute Gasteiger partial charge is 0.543 e. The fourth-order valence-corrected chi connectivity index (χ4v) is 1.69. The average molecular weight is 537 g/mol. The summed E-state index contributed by atoms with van der Waals surface area (Å²) in [7, 11) is -4.94. The van der Waals surface area contributed by atoms with E-state index in [4.69, 9.17) is 24.4 Å². The van der Waals surface area contributed by atoms with Gasteiger partial charge in [-0.25, -0.2) is 18.6 Å². The molecular weight excluding hydrogens is 511 g/mol. The van der Waals surface area contributed by atoms with E-state index < -0.39 is 22.2 Å². The monoisotopic (exact) mass is 536 g/mol. The van der Waals surface area contributed by atoms with Gasteiger partial charge in [0.25, 0.3) is 0 Å². The summed E-state index contributed by atoms with van der Waals surface area (Å²) in [6.45, 7) is 8.36. The fraction of sp³-hybridized carbons (Fsp3) is 0.333. The van der Waals surface area contributed by atoms with Gasteiger partial charge < -0.3 is 35.9 Å². The average Bonchev–Trinajstić information content (AvgIpc) is 2.73. The maximum absolute atomic E-state index is 10.0. The molecule has 33 heavy (non-hydrogen) atoms. The summed E-state index contributed by atoms with van der Waals surface area (Å²) in [5, 5.41) is 20.1. The molecular formula is C18H26ClCoN4O9. The first-order chi connectivity index (χ1) is 14.5. The summed E-state index contributed by atoms with van der Waals surface area (Å²) in [4.78, 5) is 29.4. The molecule has 2 aromatic heterocycles. The van der Waals surface area contributed by atoms with Crippen LogP contribution in [-0.2, 0) is 16.8 Å². The second kappa shape index (κ2) is 22.9. The zero-order valence-corrected chi connectivity index (χ0v) is 19.6. The first kappa shape index (κ1) is 38.0. The number of rotatable bonds is 6. The standard InChI is InChI=1S/C6H16N2.2C6H5NO2.ClHO4.Co.H2O/c1-3-8(4-2)6-5-7;2*8-6(9)5-3-1-2-4-7-5;2-1(3,4)5;;/h3-7H2,1-2H3;2*1-4H,(H,8,9);(H,2,3,4,5);;1H2/q;;;;+3;/p-3. The Morgan fingerprint density at radius 2 is 1.21 bits per heavy atom. The first-order valence-electron chi connectivity index (χ1n) is 8.75. The number of pyridine rings is 2. The molecule has 2 rings (SSSR count).